The summed E-state index contributed by atoms with van der Waals surface area (Å²) in [6.45, 7) is 6.03. The van der Waals surface area contributed by atoms with E-state index in [0.29, 0.717) is 18.7 Å². The second-order valence-corrected chi connectivity index (χ2v) is 9.93. The number of hydrogen-bond donors (Lipinski definition) is 1. The van der Waals surface area contributed by atoms with Gasteiger partial charge in [0.05, 0.1) is 10.9 Å². The number of benzene rings is 1. The van der Waals surface area contributed by atoms with E-state index in [1.54, 1.807) is 39.0 Å². The van der Waals surface area contributed by atoms with Crippen LogP contribution < -0.4 is 5.73 Å². The Balaban J connectivity index is 1.71. The Bertz CT molecular complexity index is 1210. The third-order valence-electron chi connectivity index (χ3n) is 4.65. The second-order valence-electron chi connectivity index (χ2n) is 8.06. The monoisotopic (exact) mass is 430 g/mol. The molecule has 0 atom stereocenters. The summed E-state index contributed by atoms with van der Waals surface area (Å²) in [6, 6.07) is 7.73. The minimum atomic E-state index is -3.94. The van der Waals surface area contributed by atoms with Gasteiger partial charge in [-0.05, 0) is 32.9 Å². The molecule has 30 heavy (non-hydrogen) atoms. The second kappa shape index (κ2) is 6.94. The van der Waals surface area contributed by atoms with Crippen molar-refractivity contribution in [3.8, 4) is 0 Å². The maximum atomic E-state index is 13.2. The van der Waals surface area contributed by atoms with Crippen molar-refractivity contribution in [3.63, 3.8) is 0 Å². The summed E-state index contributed by atoms with van der Waals surface area (Å²) in [4.78, 5) is 22.0. The molecule has 0 bridgehead atoms. The predicted octanol–water partition coefficient (Wildman–Crippen LogP) is 2.03. The molecule has 1 amide bonds. The van der Waals surface area contributed by atoms with Crippen molar-refractivity contribution in [1.82, 2.24) is 24.6 Å². The molecule has 1 aromatic carbocycles. The molecule has 0 spiro atoms. The van der Waals surface area contributed by atoms with Crippen molar-refractivity contribution >= 4 is 32.8 Å². The first-order valence-electron chi connectivity index (χ1n) is 9.34. The Morgan fingerprint density at radius 2 is 1.83 bits per heavy atom. The number of nitrogen functional groups attached to an aromatic ring is 1. The number of amides is 1. The van der Waals surface area contributed by atoms with Crippen molar-refractivity contribution in [3.05, 3.63) is 36.7 Å². The standard InChI is InChI=1S/C19H22N6O4S/c1-19(2,3)29-18(26)24-9-12(10-24)25-16-14(15(20)21-11-22-16)17(23-25)30(27,28)13-7-5-4-6-8-13/h4-8,11-12H,9-10H2,1-3H3,(H2,20,21,22). The molecule has 0 unspecified atom stereocenters. The number of carbonyl (C=O) groups excluding carboxylic acids is 1. The van der Waals surface area contributed by atoms with Crippen LogP contribution in [0.2, 0.25) is 0 Å². The van der Waals surface area contributed by atoms with Gasteiger partial charge in [-0.15, -0.1) is 0 Å². The summed E-state index contributed by atoms with van der Waals surface area (Å²) in [5.74, 6) is 0.0316. The van der Waals surface area contributed by atoms with E-state index in [2.05, 4.69) is 15.1 Å². The van der Waals surface area contributed by atoms with E-state index in [1.807, 2.05) is 0 Å². The van der Waals surface area contributed by atoms with Gasteiger partial charge in [-0.2, -0.15) is 5.10 Å². The molecule has 0 aliphatic carbocycles. The van der Waals surface area contributed by atoms with E-state index >= 15 is 0 Å². The fourth-order valence-corrected chi connectivity index (χ4v) is 4.60. The number of nitrogens with zero attached hydrogens (tertiary/aromatic N) is 5. The normalized spacial score (nSPS) is 15.2. The fraction of sp³-hybridized carbons (Fsp3) is 0.368. The molecule has 0 radical (unpaired) electrons. The van der Waals surface area contributed by atoms with Gasteiger partial charge in [0.2, 0.25) is 9.84 Å². The number of fused-ring (bicyclic) bond motifs is 1. The third kappa shape index (κ3) is 3.45. The third-order valence-corrected chi connectivity index (χ3v) is 6.34. The van der Waals surface area contributed by atoms with E-state index in [1.165, 1.54) is 28.0 Å². The van der Waals surface area contributed by atoms with Crippen LogP contribution in [0.15, 0.2) is 46.6 Å². The highest BCUT2D eigenvalue weighted by molar-refractivity contribution is 7.91. The van der Waals surface area contributed by atoms with Crippen LogP contribution in [0.4, 0.5) is 10.6 Å². The number of ether oxygens (including phenoxy) is 1. The van der Waals surface area contributed by atoms with Crippen LogP contribution in [0.3, 0.4) is 0 Å². The van der Waals surface area contributed by atoms with Gasteiger partial charge in [0, 0.05) is 13.1 Å². The average Bonchev–Trinajstić information content (AvgIpc) is 3.01. The minimum Gasteiger partial charge on any atom is -0.444 e. The molecular weight excluding hydrogens is 408 g/mol. The molecule has 4 rings (SSSR count). The molecule has 2 N–H and O–H groups in total. The van der Waals surface area contributed by atoms with Gasteiger partial charge < -0.3 is 15.4 Å². The number of hydrogen-bond acceptors (Lipinski definition) is 8. The van der Waals surface area contributed by atoms with Crippen molar-refractivity contribution in [2.45, 2.75) is 42.3 Å². The Morgan fingerprint density at radius 1 is 1.17 bits per heavy atom. The lowest BCUT2D eigenvalue weighted by Crippen LogP contribution is -2.52. The molecule has 158 valence electrons. The number of aromatic nitrogens is 4. The van der Waals surface area contributed by atoms with Crippen LogP contribution >= 0.6 is 0 Å². The zero-order chi connectivity index (χ0) is 21.7. The van der Waals surface area contributed by atoms with Crippen LogP contribution in [0.25, 0.3) is 11.0 Å². The lowest BCUT2D eigenvalue weighted by atomic mass is 10.1. The van der Waals surface area contributed by atoms with Gasteiger partial charge in [-0.25, -0.2) is 27.9 Å². The van der Waals surface area contributed by atoms with Gasteiger partial charge in [0.15, 0.2) is 10.7 Å². The SMILES string of the molecule is CC(C)(C)OC(=O)N1CC(n2nc(S(=O)(=O)c3ccccc3)c3c(N)ncnc32)C1. The molecule has 2 aromatic heterocycles. The zero-order valence-corrected chi connectivity index (χ0v) is 17.6. The Morgan fingerprint density at radius 3 is 2.47 bits per heavy atom. The average molecular weight is 430 g/mol. The number of likely N-dealkylation sites (tertiary alicyclic amines) is 1. The van der Waals surface area contributed by atoms with E-state index in [0.717, 1.165) is 0 Å². The fourth-order valence-electron chi connectivity index (χ4n) is 3.20. The zero-order valence-electron chi connectivity index (χ0n) is 16.8. The first-order chi connectivity index (χ1) is 14.1. The summed E-state index contributed by atoms with van der Waals surface area (Å²) in [5, 5.41) is 4.34. The van der Waals surface area contributed by atoms with Crippen LogP contribution in [0, 0.1) is 0 Å². The lowest BCUT2D eigenvalue weighted by molar-refractivity contribution is -0.0000705. The quantitative estimate of drug-likeness (QED) is 0.667. The van der Waals surface area contributed by atoms with Gasteiger partial charge in [-0.3, -0.25) is 0 Å². The number of anilines is 1. The Hall–Kier alpha value is -3.21. The van der Waals surface area contributed by atoms with Crippen molar-refractivity contribution in [1.29, 1.82) is 0 Å². The van der Waals surface area contributed by atoms with Gasteiger partial charge in [0.25, 0.3) is 0 Å². The van der Waals surface area contributed by atoms with Crippen LogP contribution in [0.1, 0.15) is 26.8 Å². The maximum Gasteiger partial charge on any atom is 0.410 e. The number of rotatable bonds is 3. The maximum absolute atomic E-state index is 13.2. The van der Waals surface area contributed by atoms with E-state index in [9.17, 15) is 13.2 Å². The van der Waals surface area contributed by atoms with Crippen molar-refractivity contribution in [2.24, 2.45) is 0 Å². The molecule has 1 fully saturated rings. The van der Waals surface area contributed by atoms with E-state index in [-0.39, 0.29) is 27.2 Å². The summed E-state index contributed by atoms with van der Waals surface area (Å²) >= 11 is 0. The van der Waals surface area contributed by atoms with Gasteiger partial charge in [0.1, 0.15) is 23.1 Å². The number of sulfone groups is 1. The highest BCUT2D eigenvalue weighted by atomic mass is 32.2. The van der Waals surface area contributed by atoms with E-state index < -0.39 is 21.5 Å². The molecule has 3 heterocycles. The summed E-state index contributed by atoms with van der Waals surface area (Å²) < 4.78 is 33.3. The minimum absolute atomic E-state index is 0.0316. The number of carbonyl (C=O) groups is 1. The molecule has 3 aromatic rings. The Labute approximate surface area is 173 Å². The molecule has 1 aliphatic rings. The smallest absolute Gasteiger partial charge is 0.410 e. The topological polar surface area (TPSA) is 133 Å². The lowest BCUT2D eigenvalue weighted by Gasteiger charge is -2.39. The van der Waals surface area contributed by atoms with Crippen molar-refractivity contribution < 1.29 is 17.9 Å². The summed E-state index contributed by atoms with van der Waals surface area (Å²) in [7, 11) is -3.94. The first-order valence-corrected chi connectivity index (χ1v) is 10.8. The largest absolute Gasteiger partial charge is 0.444 e. The molecular formula is C19H22N6O4S. The van der Waals surface area contributed by atoms with Crippen LogP contribution in [-0.2, 0) is 14.6 Å². The van der Waals surface area contributed by atoms with E-state index in [4.69, 9.17) is 10.5 Å². The first kappa shape index (κ1) is 20.1. The van der Waals surface area contributed by atoms with Crippen LogP contribution in [-0.4, -0.2) is 57.8 Å². The predicted molar refractivity (Wildman–Crippen MR) is 108 cm³/mol. The molecule has 10 nitrogen and oxygen atoms in total. The highest BCUT2D eigenvalue weighted by Crippen LogP contribution is 2.33. The summed E-state index contributed by atoms with van der Waals surface area (Å²) in [6.07, 6.45) is 0.834. The molecule has 0 saturated carbocycles. The molecule has 1 saturated heterocycles. The van der Waals surface area contributed by atoms with Crippen molar-refractivity contribution in [2.75, 3.05) is 18.8 Å². The van der Waals surface area contributed by atoms with Gasteiger partial charge in [-0.1, -0.05) is 18.2 Å². The Kier molecular flexibility index (Phi) is 4.64. The molecule has 1 aliphatic heterocycles. The van der Waals surface area contributed by atoms with Crippen LogP contribution in [0.5, 0.6) is 0 Å². The highest BCUT2D eigenvalue weighted by Gasteiger charge is 2.38. The van der Waals surface area contributed by atoms with Gasteiger partial charge >= 0.3 is 6.09 Å². The number of nitrogens with two attached hydrogens (primary N) is 1. The summed E-state index contributed by atoms with van der Waals surface area (Å²) in [5.41, 5.74) is 5.71. The molecule has 11 heteroatoms.